The van der Waals surface area contributed by atoms with Crippen LogP contribution in [0.4, 0.5) is 0 Å². The van der Waals surface area contributed by atoms with Gasteiger partial charge in [-0.1, -0.05) is 72.8 Å². The number of amides is 1. The highest BCUT2D eigenvalue weighted by Crippen LogP contribution is 2.22. The molecule has 0 spiro atoms. The molecule has 4 rings (SSSR count). The van der Waals surface area contributed by atoms with Crippen molar-refractivity contribution in [1.29, 1.82) is 0 Å². The predicted octanol–water partition coefficient (Wildman–Crippen LogP) is 2.73. The maximum absolute atomic E-state index is 13.1. The Bertz CT molecular complexity index is 1390. The van der Waals surface area contributed by atoms with Crippen molar-refractivity contribution in [2.75, 3.05) is 7.05 Å². The molecule has 0 saturated carbocycles. The first kappa shape index (κ1) is 23.2. The van der Waals surface area contributed by atoms with Crippen molar-refractivity contribution in [2.24, 2.45) is 0 Å². The summed E-state index contributed by atoms with van der Waals surface area (Å²) in [5.74, 6) is -0.595. The number of hydrogen-bond donors (Lipinski definition) is 3. The average Bonchev–Trinajstić information content (AvgIpc) is 3.25. The van der Waals surface area contributed by atoms with E-state index in [0.29, 0.717) is 11.3 Å². The minimum atomic E-state index is -3.40. The summed E-state index contributed by atoms with van der Waals surface area (Å²) in [7, 11) is -2.05. The first-order valence-electron chi connectivity index (χ1n) is 10.6. The van der Waals surface area contributed by atoms with Gasteiger partial charge in [-0.3, -0.25) is 14.7 Å². The molecular formula is C25H24N4O4S. The van der Waals surface area contributed by atoms with Crippen molar-refractivity contribution in [2.45, 2.75) is 11.8 Å². The molecule has 3 aromatic carbocycles. The summed E-state index contributed by atoms with van der Waals surface area (Å²) in [6.45, 7) is 0. The topological polar surface area (TPSA) is 113 Å². The summed E-state index contributed by atoms with van der Waals surface area (Å²) < 4.78 is 27.0. The lowest BCUT2D eigenvalue weighted by Crippen LogP contribution is -2.29. The van der Waals surface area contributed by atoms with E-state index in [4.69, 9.17) is 0 Å². The molecule has 9 heteroatoms. The Balaban J connectivity index is 1.58. The smallest absolute Gasteiger partial charge is 0.271 e. The van der Waals surface area contributed by atoms with Gasteiger partial charge >= 0.3 is 0 Å². The molecule has 0 saturated heterocycles. The molecule has 34 heavy (non-hydrogen) atoms. The second-order valence-corrected chi connectivity index (χ2v) is 9.63. The van der Waals surface area contributed by atoms with Crippen LogP contribution in [0.2, 0.25) is 0 Å². The van der Waals surface area contributed by atoms with Gasteiger partial charge < -0.3 is 5.32 Å². The summed E-state index contributed by atoms with van der Waals surface area (Å²) in [5, 5.41) is 5.85. The average molecular weight is 477 g/mol. The molecule has 0 radical (unpaired) electrons. The van der Waals surface area contributed by atoms with E-state index in [1.165, 1.54) is 17.8 Å². The number of carbonyl (C=O) groups excluding carboxylic acids is 1. The van der Waals surface area contributed by atoms with Gasteiger partial charge in [-0.2, -0.15) is 0 Å². The molecule has 1 aromatic heterocycles. The van der Waals surface area contributed by atoms with Crippen molar-refractivity contribution < 1.29 is 13.2 Å². The van der Waals surface area contributed by atoms with Crippen LogP contribution in [0, 0.1) is 0 Å². The summed E-state index contributed by atoms with van der Waals surface area (Å²) in [6.07, 6.45) is 0. The van der Waals surface area contributed by atoms with Gasteiger partial charge in [0.2, 0.25) is 10.0 Å². The lowest BCUT2D eigenvalue weighted by Gasteiger charge is -2.19. The summed E-state index contributed by atoms with van der Waals surface area (Å²) in [6, 6.07) is 26.5. The van der Waals surface area contributed by atoms with Crippen molar-refractivity contribution in [1.82, 2.24) is 19.8 Å². The van der Waals surface area contributed by atoms with Crippen molar-refractivity contribution >= 4 is 15.9 Å². The van der Waals surface area contributed by atoms with E-state index in [1.807, 2.05) is 60.7 Å². The zero-order valence-corrected chi connectivity index (χ0v) is 19.2. The Morgan fingerprint density at radius 3 is 2.00 bits per heavy atom. The number of aromatic nitrogens is 2. The summed E-state index contributed by atoms with van der Waals surface area (Å²) in [5.41, 5.74) is 2.59. The van der Waals surface area contributed by atoms with E-state index < -0.39 is 27.5 Å². The highest BCUT2D eigenvalue weighted by molar-refractivity contribution is 7.88. The van der Waals surface area contributed by atoms with Crippen LogP contribution < -0.4 is 15.6 Å². The van der Waals surface area contributed by atoms with Crippen molar-refractivity contribution in [3.05, 3.63) is 124 Å². The van der Waals surface area contributed by atoms with Crippen LogP contribution in [0.5, 0.6) is 0 Å². The lowest BCUT2D eigenvalue weighted by molar-refractivity contribution is 0.0937. The maximum atomic E-state index is 13.1. The fraction of sp³-hybridized carbons (Fsp3) is 0.120. The van der Waals surface area contributed by atoms with E-state index >= 15 is 0 Å². The molecule has 0 aliphatic rings. The minimum absolute atomic E-state index is 0.115. The van der Waals surface area contributed by atoms with Crippen LogP contribution >= 0.6 is 0 Å². The second-order valence-electron chi connectivity index (χ2n) is 7.70. The van der Waals surface area contributed by atoms with Gasteiger partial charge in [-0.05, 0) is 35.9 Å². The fourth-order valence-electron chi connectivity index (χ4n) is 3.60. The van der Waals surface area contributed by atoms with Crippen LogP contribution in [0.15, 0.2) is 95.8 Å². The monoisotopic (exact) mass is 476 g/mol. The van der Waals surface area contributed by atoms with Crippen LogP contribution in [0.25, 0.3) is 5.69 Å². The Kier molecular flexibility index (Phi) is 6.76. The van der Waals surface area contributed by atoms with E-state index in [0.717, 1.165) is 11.1 Å². The van der Waals surface area contributed by atoms with Crippen LogP contribution in [0.3, 0.4) is 0 Å². The third-order valence-corrected chi connectivity index (χ3v) is 6.70. The molecule has 0 unspecified atom stereocenters. The number of nitrogens with one attached hydrogen (secondary N) is 3. The van der Waals surface area contributed by atoms with Crippen LogP contribution in [0.1, 0.15) is 33.2 Å². The molecule has 1 heterocycles. The Morgan fingerprint density at radius 1 is 0.912 bits per heavy atom. The van der Waals surface area contributed by atoms with Gasteiger partial charge in [0, 0.05) is 6.07 Å². The zero-order valence-electron chi connectivity index (χ0n) is 18.4. The van der Waals surface area contributed by atoms with E-state index in [2.05, 4.69) is 15.1 Å². The van der Waals surface area contributed by atoms with Crippen molar-refractivity contribution in [3.63, 3.8) is 0 Å². The summed E-state index contributed by atoms with van der Waals surface area (Å²) in [4.78, 5) is 25.7. The predicted molar refractivity (Wildman–Crippen MR) is 130 cm³/mol. The van der Waals surface area contributed by atoms with Gasteiger partial charge in [0.05, 0.1) is 17.5 Å². The quantitative estimate of drug-likeness (QED) is 0.363. The van der Waals surface area contributed by atoms with E-state index in [-0.39, 0.29) is 11.4 Å². The minimum Gasteiger partial charge on any atom is -0.340 e. The normalized spacial score (nSPS) is 11.5. The number of sulfonamides is 1. The standard InChI is InChI=1S/C25H24N4O4S/c1-26-34(32,33)17-18-12-14-21(15-13-18)29-23(30)16-22(28-29)25(31)27-24(19-8-4-2-5-9-19)20-10-6-3-7-11-20/h2-16,24,26,28H,17H2,1H3,(H,27,31). The number of benzene rings is 3. The van der Waals surface area contributed by atoms with Crippen molar-refractivity contribution in [3.8, 4) is 5.69 Å². The number of nitrogens with zero attached hydrogens (tertiary/aromatic N) is 1. The number of carbonyl (C=O) groups is 1. The number of aromatic amines is 1. The van der Waals surface area contributed by atoms with Crippen LogP contribution in [-0.4, -0.2) is 31.2 Å². The maximum Gasteiger partial charge on any atom is 0.271 e. The van der Waals surface area contributed by atoms with Gasteiger partial charge in [0.25, 0.3) is 11.5 Å². The third kappa shape index (κ3) is 5.33. The van der Waals surface area contributed by atoms with Crippen LogP contribution in [-0.2, 0) is 15.8 Å². The van der Waals surface area contributed by atoms with Gasteiger partial charge in [-0.15, -0.1) is 0 Å². The Labute approximate surface area is 197 Å². The summed E-state index contributed by atoms with van der Waals surface area (Å²) >= 11 is 0. The molecule has 8 nitrogen and oxygen atoms in total. The number of hydrogen-bond acceptors (Lipinski definition) is 4. The van der Waals surface area contributed by atoms with E-state index in [1.54, 1.807) is 24.3 Å². The SMILES string of the molecule is CNS(=O)(=O)Cc1ccc(-n2[nH]c(C(=O)NC(c3ccccc3)c3ccccc3)cc2=O)cc1. The first-order chi connectivity index (χ1) is 16.4. The Morgan fingerprint density at radius 2 is 1.47 bits per heavy atom. The van der Waals surface area contributed by atoms with E-state index in [9.17, 15) is 18.0 Å². The van der Waals surface area contributed by atoms with Gasteiger partial charge in [-0.25, -0.2) is 17.8 Å². The molecule has 4 aromatic rings. The number of rotatable bonds is 8. The lowest BCUT2D eigenvalue weighted by atomic mass is 9.98. The molecule has 0 fully saturated rings. The number of H-pyrrole nitrogens is 1. The zero-order chi connectivity index (χ0) is 24.1. The first-order valence-corrected chi connectivity index (χ1v) is 12.2. The molecule has 0 atom stereocenters. The second kappa shape index (κ2) is 9.90. The third-order valence-electron chi connectivity index (χ3n) is 5.37. The fourth-order valence-corrected chi connectivity index (χ4v) is 4.37. The largest absolute Gasteiger partial charge is 0.340 e. The molecule has 3 N–H and O–H groups in total. The molecule has 1 amide bonds. The Hall–Kier alpha value is -3.95. The molecule has 0 aliphatic heterocycles. The molecule has 174 valence electrons. The van der Waals surface area contributed by atoms with Gasteiger partial charge in [0.1, 0.15) is 5.69 Å². The highest BCUT2D eigenvalue weighted by Gasteiger charge is 2.20. The van der Waals surface area contributed by atoms with Gasteiger partial charge in [0.15, 0.2) is 0 Å². The highest BCUT2D eigenvalue weighted by atomic mass is 32.2. The molecule has 0 aliphatic carbocycles. The molecular weight excluding hydrogens is 452 g/mol. The molecule has 0 bridgehead atoms.